The summed E-state index contributed by atoms with van der Waals surface area (Å²) in [5.74, 6) is 0.642. The highest BCUT2D eigenvalue weighted by molar-refractivity contribution is 6.34. The molecule has 0 spiro atoms. The van der Waals surface area contributed by atoms with Gasteiger partial charge in [0.25, 0.3) is 0 Å². The van der Waals surface area contributed by atoms with E-state index in [1.165, 1.54) is 0 Å². The summed E-state index contributed by atoms with van der Waals surface area (Å²) < 4.78 is 1.70. The molecule has 0 unspecified atom stereocenters. The molecule has 0 amide bonds. The molecule has 6 heteroatoms. The first-order chi connectivity index (χ1) is 11.2. The monoisotopic (exact) mass is 321 g/mol. The standard InChI is InChI=1S/C17H12ClN5/c1-11-6-7-15(19-8-11)12-9-20-23(10-12)17-14-5-3-2-4-13(14)16(18)21-22-17/h2-10H,1H3. The van der Waals surface area contributed by atoms with E-state index in [4.69, 9.17) is 11.6 Å². The van der Waals surface area contributed by atoms with Crippen LogP contribution in [-0.2, 0) is 0 Å². The van der Waals surface area contributed by atoms with Crippen molar-refractivity contribution in [3.8, 4) is 17.1 Å². The molecular weight excluding hydrogens is 310 g/mol. The SMILES string of the molecule is Cc1ccc(-c2cnn(-c3nnc(Cl)c4ccccc34)c2)nc1. The van der Waals surface area contributed by atoms with Crippen molar-refractivity contribution in [3.63, 3.8) is 0 Å². The van der Waals surface area contributed by atoms with Crippen LogP contribution in [0.5, 0.6) is 0 Å². The van der Waals surface area contributed by atoms with Crippen LogP contribution in [0.4, 0.5) is 0 Å². The van der Waals surface area contributed by atoms with Gasteiger partial charge in [-0.3, -0.25) is 4.98 Å². The van der Waals surface area contributed by atoms with Crippen molar-refractivity contribution >= 4 is 22.4 Å². The summed E-state index contributed by atoms with van der Waals surface area (Å²) in [5, 5.41) is 14.7. The van der Waals surface area contributed by atoms with Crippen molar-refractivity contribution in [3.05, 3.63) is 65.7 Å². The fourth-order valence-corrected chi connectivity index (χ4v) is 2.64. The largest absolute Gasteiger partial charge is 0.256 e. The lowest BCUT2D eigenvalue weighted by molar-refractivity contribution is 0.826. The molecule has 112 valence electrons. The lowest BCUT2D eigenvalue weighted by Gasteiger charge is -2.05. The average Bonchev–Trinajstić information content (AvgIpc) is 3.06. The second-order valence-corrected chi connectivity index (χ2v) is 5.61. The number of pyridine rings is 1. The summed E-state index contributed by atoms with van der Waals surface area (Å²) in [7, 11) is 0. The molecule has 3 heterocycles. The van der Waals surface area contributed by atoms with Crippen LogP contribution < -0.4 is 0 Å². The average molecular weight is 322 g/mol. The van der Waals surface area contributed by atoms with E-state index >= 15 is 0 Å². The van der Waals surface area contributed by atoms with Crippen LogP contribution in [0.15, 0.2) is 55.0 Å². The Morgan fingerprint density at radius 2 is 1.78 bits per heavy atom. The number of hydrogen-bond donors (Lipinski definition) is 0. The predicted molar refractivity (Wildman–Crippen MR) is 89.6 cm³/mol. The van der Waals surface area contributed by atoms with Crippen molar-refractivity contribution in [1.29, 1.82) is 0 Å². The molecule has 23 heavy (non-hydrogen) atoms. The van der Waals surface area contributed by atoms with Crippen LogP contribution in [-0.4, -0.2) is 25.0 Å². The van der Waals surface area contributed by atoms with Gasteiger partial charge in [0.15, 0.2) is 11.0 Å². The molecule has 4 rings (SSSR count). The minimum absolute atomic E-state index is 0.386. The van der Waals surface area contributed by atoms with Crippen molar-refractivity contribution in [2.24, 2.45) is 0 Å². The van der Waals surface area contributed by atoms with E-state index < -0.39 is 0 Å². The second-order valence-electron chi connectivity index (χ2n) is 5.25. The Kier molecular flexibility index (Phi) is 3.28. The van der Waals surface area contributed by atoms with Crippen molar-refractivity contribution in [2.45, 2.75) is 6.92 Å². The molecule has 0 atom stereocenters. The summed E-state index contributed by atoms with van der Waals surface area (Å²) >= 11 is 6.12. The first kappa shape index (κ1) is 13.8. The third-order valence-corrected chi connectivity index (χ3v) is 3.91. The summed E-state index contributed by atoms with van der Waals surface area (Å²) in [6, 6.07) is 11.7. The zero-order valence-corrected chi connectivity index (χ0v) is 13.1. The second kappa shape index (κ2) is 5.44. The maximum Gasteiger partial charge on any atom is 0.183 e. The van der Waals surface area contributed by atoms with E-state index in [0.29, 0.717) is 11.0 Å². The van der Waals surface area contributed by atoms with Crippen LogP contribution in [0.3, 0.4) is 0 Å². The number of nitrogens with zero attached hydrogens (tertiary/aromatic N) is 5. The Bertz CT molecular complexity index is 991. The van der Waals surface area contributed by atoms with Gasteiger partial charge in [0, 0.05) is 28.7 Å². The molecule has 0 aliphatic rings. The Balaban J connectivity index is 1.84. The molecule has 4 aromatic rings. The molecule has 0 aliphatic carbocycles. The van der Waals surface area contributed by atoms with Crippen molar-refractivity contribution < 1.29 is 0 Å². The van der Waals surface area contributed by atoms with Crippen LogP contribution in [0.2, 0.25) is 5.15 Å². The van der Waals surface area contributed by atoms with Gasteiger partial charge in [-0.1, -0.05) is 41.9 Å². The van der Waals surface area contributed by atoms with Gasteiger partial charge in [-0.25, -0.2) is 4.68 Å². The Morgan fingerprint density at radius 3 is 2.57 bits per heavy atom. The topological polar surface area (TPSA) is 56.5 Å². The Hall–Kier alpha value is -2.79. The first-order valence-corrected chi connectivity index (χ1v) is 7.49. The molecule has 3 aromatic heterocycles. The minimum Gasteiger partial charge on any atom is -0.256 e. The van der Waals surface area contributed by atoms with E-state index in [0.717, 1.165) is 27.6 Å². The number of benzene rings is 1. The summed E-state index contributed by atoms with van der Waals surface area (Å²) in [4.78, 5) is 4.42. The van der Waals surface area contributed by atoms with Gasteiger partial charge in [-0.05, 0) is 18.6 Å². The summed E-state index contributed by atoms with van der Waals surface area (Å²) in [6.45, 7) is 2.01. The van der Waals surface area contributed by atoms with Crippen LogP contribution in [0.1, 0.15) is 5.56 Å². The van der Waals surface area contributed by atoms with E-state index in [-0.39, 0.29) is 0 Å². The van der Waals surface area contributed by atoms with Gasteiger partial charge in [0.1, 0.15) is 0 Å². The lowest BCUT2D eigenvalue weighted by atomic mass is 10.2. The Morgan fingerprint density at radius 1 is 0.957 bits per heavy atom. The third-order valence-electron chi connectivity index (χ3n) is 3.63. The fraction of sp³-hybridized carbons (Fsp3) is 0.0588. The smallest absolute Gasteiger partial charge is 0.183 e. The van der Waals surface area contributed by atoms with Gasteiger partial charge < -0.3 is 0 Å². The number of fused-ring (bicyclic) bond motifs is 1. The van der Waals surface area contributed by atoms with Crippen LogP contribution >= 0.6 is 11.6 Å². The quantitative estimate of drug-likeness (QED) is 0.563. The highest BCUT2D eigenvalue weighted by atomic mass is 35.5. The number of halogens is 1. The van der Waals surface area contributed by atoms with Gasteiger partial charge >= 0.3 is 0 Å². The molecule has 0 aliphatic heterocycles. The highest BCUT2D eigenvalue weighted by Gasteiger charge is 2.11. The number of aryl methyl sites for hydroxylation is 1. The van der Waals surface area contributed by atoms with E-state index in [1.54, 1.807) is 10.9 Å². The van der Waals surface area contributed by atoms with Crippen LogP contribution in [0.25, 0.3) is 27.8 Å². The zero-order valence-electron chi connectivity index (χ0n) is 12.3. The van der Waals surface area contributed by atoms with Gasteiger partial charge in [-0.2, -0.15) is 5.10 Å². The molecule has 0 saturated carbocycles. The molecule has 5 nitrogen and oxygen atoms in total. The first-order valence-electron chi connectivity index (χ1n) is 7.11. The maximum atomic E-state index is 6.12. The lowest BCUT2D eigenvalue weighted by Crippen LogP contribution is -2.01. The molecule has 0 bridgehead atoms. The number of aromatic nitrogens is 5. The summed E-state index contributed by atoms with van der Waals surface area (Å²) in [6.07, 6.45) is 5.49. The van der Waals surface area contributed by atoms with Crippen molar-refractivity contribution in [2.75, 3.05) is 0 Å². The highest BCUT2D eigenvalue weighted by Crippen LogP contribution is 2.25. The molecule has 0 fully saturated rings. The maximum absolute atomic E-state index is 6.12. The number of hydrogen-bond acceptors (Lipinski definition) is 4. The predicted octanol–water partition coefficient (Wildman–Crippen LogP) is 3.84. The zero-order chi connectivity index (χ0) is 15.8. The molecule has 0 N–H and O–H groups in total. The van der Waals surface area contributed by atoms with Gasteiger partial charge in [0.05, 0.1) is 11.9 Å². The van der Waals surface area contributed by atoms with E-state index in [9.17, 15) is 0 Å². The molecule has 0 saturated heterocycles. The van der Waals surface area contributed by atoms with E-state index in [2.05, 4.69) is 20.3 Å². The van der Waals surface area contributed by atoms with Crippen LogP contribution in [0, 0.1) is 6.92 Å². The minimum atomic E-state index is 0.386. The molecular formula is C17H12ClN5. The molecule has 1 aromatic carbocycles. The Labute approximate surface area is 137 Å². The van der Waals surface area contributed by atoms with Crippen molar-refractivity contribution in [1.82, 2.24) is 25.0 Å². The molecule has 0 radical (unpaired) electrons. The van der Waals surface area contributed by atoms with E-state index in [1.807, 2.05) is 55.7 Å². The fourth-order valence-electron chi connectivity index (χ4n) is 2.44. The third kappa shape index (κ3) is 2.45. The van der Waals surface area contributed by atoms with Gasteiger partial charge in [0.2, 0.25) is 0 Å². The summed E-state index contributed by atoms with van der Waals surface area (Å²) in [5.41, 5.74) is 2.91. The van der Waals surface area contributed by atoms with Gasteiger partial charge in [-0.15, -0.1) is 10.2 Å². The number of rotatable bonds is 2. The normalized spacial score (nSPS) is 11.0.